The van der Waals surface area contributed by atoms with Crippen LogP contribution in [0.15, 0.2) is 53.1 Å². The van der Waals surface area contributed by atoms with Crippen LogP contribution in [0.1, 0.15) is 42.5 Å². The second-order valence-corrected chi connectivity index (χ2v) is 7.76. The van der Waals surface area contributed by atoms with Crippen molar-refractivity contribution in [2.45, 2.75) is 37.6 Å². The number of carbonyl (C=O) groups excluding carboxylic acids is 3. The lowest BCUT2D eigenvalue weighted by Crippen LogP contribution is -2.50. The summed E-state index contributed by atoms with van der Waals surface area (Å²) in [5.41, 5.74) is 3.33. The van der Waals surface area contributed by atoms with Crippen LogP contribution in [-0.4, -0.2) is 33.5 Å². The number of nitrogens with zero attached hydrogens (tertiary/aromatic N) is 2. The van der Waals surface area contributed by atoms with Crippen LogP contribution in [0.5, 0.6) is 0 Å². The van der Waals surface area contributed by atoms with Crippen LogP contribution in [0.4, 0.5) is 4.79 Å². The maximum atomic E-state index is 12.9. The first kappa shape index (κ1) is 18.4. The van der Waals surface area contributed by atoms with Crippen molar-refractivity contribution in [1.82, 2.24) is 20.9 Å². The van der Waals surface area contributed by atoms with Crippen molar-refractivity contribution in [3.05, 3.63) is 54.1 Å². The Hall–Kier alpha value is -3.68. The molecule has 1 aromatic heterocycles. The van der Waals surface area contributed by atoms with Gasteiger partial charge in [-0.25, -0.2) is 4.79 Å². The van der Waals surface area contributed by atoms with Crippen molar-refractivity contribution in [3.63, 3.8) is 0 Å². The molecule has 2 fully saturated rings. The molecule has 0 bridgehead atoms. The number of nitrogens with one attached hydrogen (secondary N) is 2. The minimum Gasteiger partial charge on any atom is -0.355 e. The number of rotatable bonds is 3. The highest BCUT2D eigenvalue weighted by Gasteiger charge is 2.52. The van der Waals surface area contributed by atoms with Gasteiger partial charge in [0.05, 0.1) is 5.39 Å². The van der Waals surface area contributed by atoms with Gasteiger partial charge in [0, 0.05) is 11.1 Å². The fraction of sp³-hybridized carbons (Fsp3) is 0.273. The number of hydrogen-bond acceptors (Lipinski definition) is 5. The summed E-state index contributed by atoms with van der Waals surface area (Å²) >= 11 is 0. The van der Waals surface area contributed by atoms with Gasteiger partial charge in [-0.2, -0.15) is 5.01 Å². The highest BCUT2D eigenvalue weighted by atomic mass is 16.5. The van der Waals surface area contributed by atoms with Gasteiger partial charge in [0.25, 0.3) is 11.8 Å². The molecule has 2 aliphatic rings. The molecule has 1 saturated carbocycles. The van der Waals surface area contributed by atoms with E-state index in [9.17, 15) is 14.4 Å². The molecule has 4 amide bonds. The predicted molar refractivity (Wildman–Crippen MR) is 108 cm³/mol. The summed E-state index contributed by atoms with van der Waals surface area (Å²) in [5, 5.41) is 8.31. The van der Waals surface area contributed by atoms with E-state index in [0.29, 0.717) is 35.1 Å². The molecule has 2 heterocycles. The molecular weight excluding hydrogens is 384 g/mol. The maximum absolute atomic E-state index is 12.9. The third kappa shape index (κ3) is 2.92. The summed E-state index contributed by atoms with van der Waals surface area (Å²) in [6.45, 7) is 0. The lowest BCUT2D eigenvalue weighted by atomic mass is 9.82. The van der Waals surface area contributed by atoms with Gasteiger partial charge in [-0.05, 0) is 31.0 Å². The Kier molecular flexibility index (Phi) is 4.27. The Labute approximate surface area is 172 Å². The number of aromatic nitrogens is 1. The molecule has 1 saturated heterocycles. The lowest BCUT2D eigenvalue weighted by molar-refractivity contribution is -0.134. The second-order valence-electron chi connectivity index (χ2n) is 7.76. The molecule has 152 valence electrons. The van der Waals surface area contributed by atoms with E-state index < -0.39 is 23.4 Å². The van der Waals surface area contributed by atoms with E-state index >= 15 is 0 Å². The SMILES string of the molecule is O=C(NN1C(=O)NC2(CCCCC2)C1=O)c1ccc2noc(-c3ccccc3)c2c1. The van der Waals surface area contributed by atoms with Crippen molar-refractivity contribution < 1.29 is 18.9 Å². The predicted octanol–water partition coefficient (Wildman–Crippen LogP) is 3.39. The van der Waals surface area contributed by atoms with Crippen LogP contribution in [0.3, 0.4) is 0 Å². The topological polar surface area (TPSA) is 105 Å². The van der Waals surface area contributed by atoms with Crippen LogP contribution in [0.2, 0.25) is 0 Å². The number of imide groups is 1. The fourth-order valence-corrected chi connectivity index (χ4v) is 4.26. The number of carbonyl (C=O) groups is 3. The third-order valence-electron chi connectivity index (χ3n) is 5.86. The van der Waals surface area contributed by atoms with E-state index in [1.54, 1.807) is 18.2 Å². The normalized spacial score (nSPS) is 18.1. The van der Waals surface area contributed by atoms with E-state index in [1.807, 2.05) is 30.3 Å². The number of amides is 4. The first-order chi connectivity index (χ1) is 14.6. The molecular formula is C22H20N4O4. The van der Waals surface area contributed by atoms with Crippen LogP contribution in [-0.2, 0) is 4.79 Å². The van der Waals surface area contributed by atoms with Gasteiger partial charge in [-0.1, -0.05) is 54.8 Å². The Balaban J connectivity index is 1.41. The molecule has 8 heteroatoms. The van der Waals surface area contributed by atoms with Gasteiger partial charge >= 0.3 is 6.03 Å². The number of fused-ring (bicyclic) bond motifs is 1. The van der Waals surface area contributed by atoms with Gasteiger partial charge in [0.15, 0.2) is 5.76 Å². The highest BCUT2D eigenvalue weighted by Crippen LogP contribution is 2.33. The smallest absolute Gasteiger partial charge is 0.344 e. The molecule has 1 aliphatic heterocycles. The average Bonchev–Trinajstić information content (AvgIpc) is 3.29. The molecule has 0 atom stereocenters. The van der Waals surface area contributed by atoms with Crippen molar-refractivity contribution in [2.75, 3.05) is 0 Å². The number of hydrogen-bond donors (Lipinski definition) is 2. The van der Waals surface area contributed by atoms with Gasteiger partial charge in [0.2, 0.25) is 0 Å². The fourth-order valence-electron chi connectivity index (χ4n) is 4.26. The molecule has 0 radical (unpaired) electrons. The number of urea groups is 1. The summed E-state index contributed by atoms with van der Waals surface area (Å²) < 4.78 is 5.47. The van der Waals surface area contributed by atoms with Gasteiger partial charge < -0.3 is 9.84 Å². The molecule has 1 aliphatic carbocycles. The molecule has 8 nitrogen and oxygen atoms in total. The van der Waals surface area contributed by atoms with Crippen LogP contribution < -0.4 is 10.7 Å². The van der Waals surface area contributed by atoms with Crippen LogP contribution >= 0.6 is 0 Å². The van der Waals surface area contributed by atoms with Crippen LogP contribution in [0, 0.1) is 0 Å². The lowest BCUT2D eigenvalue weighted by Gasteiger charge is -2.30. The van der Waals surface area contributed by atoms with Gasteiger partial charge in [-0.3, -0.25) is 15.0 Å². The first-order valence-corrected chi connectivity index (χ1v) is 10.00. The zero-order valence-electron chi connectivity index (χ0n) is 16.2. The maximum Gasteiger partial charge on any atom is 0.344 e. The number of benzene rings is 2. The van der Waals surface area contributed by atoms with Crippen molar-refractivity contribution >= 4 is 28.7 Å². The molecule has 3 aromatic rings. The summed E-state index contributed by atoms with van der Waals surface area (Å²) in [6, 6.07) is 13.8. The molecule has 2 N–H and O–H groups in total. The summed E-state index contributed by atoms with van der Waals surface area (Å²) in [5.74, 6) is -0.388. The first-order valence-electron chi connectivity index (χ1n) is 10.00. The standard InChI is InChI=1S/C22H20N4O4/c27-19(24-26-20(28)22(23-21(26)29)11-5-2-6-12-22)15-9-10-17-16(13-15)18(30-25-17)14-7-3-1-4-8-14/h1,3-4,7-10,13H,2,5-6,11-12H2,(H,23,29)(H,24,27). The number of hydrazine groups is 1. The largest absolute Gasteiger partial charge is 0.355 e. The van der Waals surface area contributed by atoms with E-state index in [4.69, 9.17) is 4.52 Å². The summed E-state index contributed by atoms with van der Waals surface area (Å²) in [6.07, 6.45) is 3.98. The van der Waals surface area contributed by atoms with Crippen molar-refractivity contribution in [2.24, 2.45) is 0 Å². The molecule has 0 unspecified atom stereocenters. The van der Waals surface area contributed by atoms with E-state index in [2.05, 4.69) is 15.9 Å². The molecule has 30 heavy (non-hydrogen) atoms. The molecule has 5 rings (SSSR count). The summed E-state index contributed by atoms with van der Waals surface area (Å²) in [4.78, 5) is 38.1. The van der Waals surface area contributed by atoms with Gasteiger partial charge in [0.1, 0.15) is 11.1 Å². The minimum absolute atomic E-state index is 0.299. The minimum atomic E-state index is -0.887. The Morgan fingerprint density at radius 1 is 1.07 bits per heavy atom. The average molecular weight is 404 g/mol. The summed E-state index contributed by atoms with van der Waals surface area (Å²) in [7, 11) is 0. The zero-order chi connectivity index (χ0) is 20.7. The van der Waals surface area contributed by atoms with E-state index in [1.165, 1.54) is 0 Å². The Morgan fingerprint density at radius 2 is 1.83 bits per heavy atom. The van der Waals surface area contributed by atoms with Gasteiger partial charge in [-0.15, -0.1) is 0 Å². The molecule has 1 spiro atoms. The monoisotopic (exact) mass is 404 g/mol. The van der Waals surface area contributed by atoms with Crippen molar-refractivity contribution in [1.29, 1.82) is 0 Å². The van der Waals surface area contributed by atoms with Crippen LogP contribution in [0.25, 0.3) is 22.2 Å². The highest BCUT2D eigenvalue weighted by molar-refractivity contribution is 6.10. The Morgan fingerprint density at radius 3 is 2.60 bits per heavy atom. The molecule has 2 aromatic carbocycles. The van der Waals surface area contributed by atoms with E-state index in [0.717, 1.165) is 29.8 Å². The quantitative estimate of drug-likeness (QED) is 0.651. The van der Waals surface area contributed by atoms with Crippen molar-refractivity contribution in [3.8, 4) is 11.3 Å². The Bertz CT molecular complexity index is 1150. The zero-order valence-corrected chi connectivity index (χ0v) is 16.2. The van der Waals surface area contributed by atoms with E-state index in [-0.39, 0.29) is 0 Å². The third-order valence-corrected chi connectivity index (χ3v) is 5.86. The second kappa shape index (κ2) is 6.98.